The van der Waals surface area contributed by atoms with E-state index >= 15 is 0 Å². The van der Waals surface area contributed by atoms with Crippen LogP contribution in [-0.2, 0) is 9.53 Å². The predicted octanol–water partition coefficient (Wildman–Crippen LogP) is 3.78. The molecule has 0 saturated carbocycles. The number of allylic oxidation sites excluding steroid dienone is 1. The number of anilines is 1. The molecule has 2 N–H and O–H groups in total. The first kappa shape index (κ1) is 22.2. The highest BCUT2D eigenvalue weighted by Crippen LogP contribution is 2.29. The molecule has 0 aliphatic carbocycles. The molecule has 2 aromatic carbocycles. The zero-order valence-corrected chi connectivity index (χ0v) is 18.2. The van der Waals surface area contributed by atoms with E-state index in [0.717, 1.165) is 24.3 Å². The van der Waals surface area contributed by atoms with E-state index < -0.39 is 12.0 Å². The van der Waals surface area contributed by atoms with Gasteiger partial charge >= 0.3 is 12.0 Å². The third-order valence-corrected chi connectivity index (χ3v) is 5.17. The fourth-order valence-electron chi connectivity index (χ4n) is 3.57. The molecule has 0 radical (unpaired) electrons. The molecule has 0 fully saturated rings. The molecule has 2 amide bonds. The maximum Gasteiger partial charge on any atom is 0.338 e. The summed E-state index contributed by atoms with van der Waals surface area (Å²) in [5, 5.41) is 5.50. The number of para-hydroxylation sites is 1. The molecule has 2 aromatic rings. The summed E-state index contributed by atoms with van der Waals surface area (Å²) in [6.45, 7) is 8.06. The lowest BCUT2D eigenvalue weighted by atomic mass is 9.95. The van der Waals surface area contributed by atoms with Crippen molar-refractivity contribution < 1.29 is 19.1 Å². The van der Waals surface area contributed by atoms with Gasteiger partial charge in [-0.2, -0.15) is 0 Å². The molecule has 0 saturated heterocycles. The number of benzene rings is 2. The minimum Gasteiger partial charge on any atom is -0.490 e. The zero-order valence-electron chi connectivity index (χ0n) is 18.2. The summed E-state index contributed by atoms with van der Waals surface area (Å²) in [5.74, 6) is 0.228. The first-order chi connectivity index (χ1) is 15.0. The van der Waals surface area contributed by atoms with Crippen molar-refractivity contribution in [3.05, 3.63) is 71.4 Å². The summed E-state index contributed by atoms with van der Waals surface area (Å²) in [7, 11) is 0. The summed E-state index contributed by atoms with van der Waals surface area (Å²) in [5.41, 5.74) is 2.78. The minimum atomic E-state index is -0.581. The van der Waals surface area contributed by atoms with Crippen LogP contribution in [0.5, 0.6) is 5.75 Å². The van der Waals surface area contributed by atoms with Crippen LogP contribution in [0.3, 0.4) is 0 Å². The molecule has 1 heterocycles. The Morgan fingerprint density at radius 2 is 1.68 bits per heavy atom. The van der Waals surface area contributed by atoms with Crippen LogP contribution in [0.4, 0.5) is 10.5 Å². The number of nitrogens with one attached hydrogen (secondary N) is 2. The topological polar surface area (TPSA) is 79.9 Å². The van der Waals surface area contributed by atoms with Crippen molar-refractivity contribution in [1.82, 2.24) is 10.6 Å². The van der Waals surface area contributed by atoms with Crippen LogP contribution < -0.4 is 20.3 Å². The Balaban J connectivity index is 1.69. The average molecular weight is 424 g/mol. The Morgan fingerprint density at radius 1 is 1.00 bits per heavy atom. The number of esters is 1. The molecule has 1 aliphatic rings. The summed E-state index contributed by atoms with van der Waals surface area (Å²) in [6.07, 6.45) is 0. The van der Waals surface area contributed by atoms with Crippen molar-refractivity contribution in [2.75, 3.05) is 31.2 Å². The van der Waals surface area contributed by atoms with E-state index in [1.165, 1.54) is 0 Å². The van der Waals surface area contributed by atoms with Gasteiger partial charge in [0.05, 0.1) is 11.6 Å². The number of hydrogen-bond donors (Lipinski definition) is 2. The molecule has 1 atom stereocenters. The van der Waals surface area contributed by atoms with Gasteiger partial charge in [0.25, 0.3) is 0 Å². The molecule has 1 unspecified atom stereocenters. The number of amides is 2. The third kappa shape index (κ3) is 5.57. The van der Waals surface area contributed by atoms with E-state index in [1.807, 2.05) is 54.6 Å². The van der Waals surface area contributed by atoms with Gasteiger partial charge in [0.2, 0.25) is 0 Å². The number of ether oxygens (including phenoxy) is 2. The van der Waals surface area contributed by atoms with Crippen LogP contribution in [0.2, 0.25) is 0 Å². The van der Waals surface area contributed by atoms with Crippen LogP contribution in [0.1, 0.15) is 32.4 Å². The van der Waals surface area contributed by atoms with E-state index in [-0.39, 0.29) is 19.2 Å². The normalized spacial score (nSPS) is 15.7. The summed E-state index contributed by atoms with van der Waals surface area (Å²) < 4.78 is 11.0. The maximum atomic E-state index is 12.8. The van der Waals surface area contributed by atoms with Gasteiger partial charge in [0.1, 0.15) is 19.0 Å². The molecule has 0 spiro atoms. The average Bonchev–Trinajstić information content (AvgIpc) is 2.78. The second kappa shape index (κ2) is 10.5. The molecule has 0 bridgehead atoms. The highest BCUT2D eigenvalue weighted by molar-refractivity contribution is 5.95. The van der Waals surface area contributed by atoms with E-state index in [2.05, 4.69) is 29.4 Å². The van der Waals surface area contributed by atoms with E-state index in [1.54, 1.807) is 6.92 Å². The van der Waals surface area contributed by atoms with Gasteiger partial charge in [0.15, 0.2) is 0 Å². The number of carbonyl (C=O) groups is 2. The first-order valence-electron chi connectivity index (χ1n) is 10.5. The molecule has 7 nitrogen and oxygen atoms in total. The fraction of sp³-hybridized carbons (Fsp3) is 0.333. The van der Waals surface area contributed by atoms with Crippen molar-refractivity contribution in [3.8, 4) is 5.75 Å². The van der Waals surface area contributed by atoms with Crippen molar-refractivity contribution in [1.29, 1.82) is 0 Å². The largest absolute Gasteiger partial charge is 0.490 e. The van der Waals surface area contributed by atoms with Crippen molar-refractivity contribution in [2.24, 2.45) is 0 Å². The quantitative estimate of drug-likeness (QED) is 0.474. The smallest absolute Gasteiger partial charge is 0.338 e. The molecule has 7 heteroatoms. The van der Waals surface area contributed by atoms with Crippen molar-refractivity contribution in [2.45, 2.75) is 26.8 Å². The summed E-state index contributed by atoms with van der Waals surface area (Å²) >= 11 is 0. The number of rotatable bonds is 9. The number of urea groups is 1. The molecule has 31 heavy (non-hydrogen) atoms. The van der Waals surface area contributed by atoms with Crippen LogP contribution in [-0.4, -0.2) is 38.3 Å². The Labute approximate surface area is 183 Å². The van der Waals surface area contributed by atoms with E-state index in [4.69, 9.17) is 9.47 Å². The molecule has 1 aliphatic heterocycles. The maximum absolute atomic E-state index is 12.8. The molecule has 164 valence electrons. The standard InChI is InChI=1S/C24H29N3O4/c1-4-27(5-2)19-13-11-18(12-14-19)22-21(17(3)25-24(29)26-22)23(28)31-16-15-30-20-9-7-6-8-10-20/h6-14,22H,4-5,15-16H2,1-3H3,(H2,25,26,29). The lowest BCUT2D eigenvalue weighted by molar-refractivity contribution is -0.140. The molecule has 3 rings (SSSR count). The number of hydrogen-bond acceptors (Lipinski definition) is 5. The van der Waals surface area contributed by atoms with E-state index in [0.29, 0.717) is 17.0 Å². The minimum absolute atomic E-state index is 0.103. The van der Waals surface area contributed by atoms with Crippen LogP contribution in [0, 0.1) is 0 Å². The van der Waals surface area contributed by atoms with Gasteiger partial charge in [0, 0.05) is 24.5 Å². The second-order valence-corrected chi connectivity index (χ2v) is 7.13. The number of carbonyl (C=O) groups excluding carboxylic acids is 2. The Kier molecular flexibility index (Phi) is 7.54. The summed E-state index contributed by atoms with van der Waals surface area (Å²) in [4.78, 5) is 27.1. The van der Waals surface area contributed by atoms with Gasteiger partial charge in [-0.15, -0.1) is 0 Å². The Bertz CT molecular complexity index is 922. The highest BCUT2D eigenvalue weighted by Gasteiger charge is 2.32. The summed E-state index contributed by atoms with van der Waals surface area (Å²) in [6, 6.07) is 16.3. The van der Waals surface area contributed by atoms with Gasteiger partial charge in [-0.05, 0) is 50.6 Å². The van der Waals surface area contributed by atoms with Gasteiger partial charge in [-0.3, -0.25) is 0 Å². The van der Waals surface area contributed by atoms with Crippen LogP contribution in [0.25, 0.3) is 0 Å². The second-order valence-electron chi connectivity index (χ2n) is 7.13. The third-order valence-electron chi connectivity index (χ3n) is 5.17. The lowest BCUT2D eigenvalue weighted by Gasteiger charge is -2.29. The first-order valence-corrected chi connectivity index (χ1v) is 10.5. The van der Waals surface area contributed by atoms with Gasteiger partial charge in [-0.25, -0.2) is 9.59 Å². The highest BCUT2D eigenvalue weighted by atomic mass is 16.6. The SMILES string of the molecule is CCN(CC)c1ccc(C2NC(=O)NC(C)=C2C(=O)OCCOc2ccccc2)cc1. The molecular weight excluding hydrogens is 394 g/mol. The van der Waals surface area contributed by atoms with Crippen LogP contribution >= 0.6 is 0 Å². The lowest BCUT2D eigenvalue weighted by Crippen LogP contribution is -2.45. The predicted molar refractivity (Wildman–Crippen MR) is 120 cm³/mol. The van der Waals surface area contributed by atoms with Gasteiger partial charge < -0.3 is 25.0 Å². The van der Waals surface area contributed by atoms with Crippen LogP contribution in [0.15, 0.2) is 65.9 Å². The molecular formula is C24H29N3O4. The van der Waals surface area contributed by atoms with Crippen molar-refractivity contribution >= 4 is 17.7 Å². The zero-order chi connectivity index (χ0) is 22.2. The van der Waals surface area contributed by atoms with Gasteiger partial charge in [-0.1, -0.05) is 30.3 Å². The Morgan fingerprint density at radius 3 is 2.32 bits per heavy atom. The molecule has 0 aromatic heterocycles. The monoisotopic (exact) mass is 423 g/mol. The fourth-order valence-corrected chi connectivity index (χ4v) is 3.57. The van der Waals surface area contributed by atoms with E-state index in [9.17, 15) is 9.59 Å². The van der Waals surface area contributed by atoms with Crippen molar-refractivity contribution in [3.63, 3.8) is 0 Å². The number of nitrogens with zero attached hydrogens (tertiary/aromatic N) is 1. The Hall–Kier alpha value is -3.48.